The summed E-state index contributed by atoms with van der Waals surface area (Å²) in [6.45, 7) is 7.55. The smallest absolute Gasteiger partial charge is 0.310 e. The molecule has 0 spiro atoms. The molecule has 140 valence electrons. The third kappa shape index (κ3) is 4.41. The van der Waals surface area contributed by atoms with Gasteiger partial charge >= 0.3 is 5.97 Å². The molecule has 1 fully saturated rings. The second-order valence-corrected chi connectivity index (χ2v) is 6.73. The first kappa shape index (κ1) is 19.5. The highest BCUT2D eigenvalue weighted by molar-refractivity contribution is 5.97. The Kier molecular flexibility index (Phi) is 7.02. The summed E-state index contributed by atoms with van der Waals surface area (Å²) >= 11 is 0. The standard InChI is InChI=1S/C19H31N3O3/c1-5-9-15-17(16(10-6-2)21(4)20-15)18(23)22-12-8-11-14(13-22)19(24)25-7-3/h14H,5-13H2,1-4H3/t14-/m1/s1. The number of aryl methyl sites for hydroxylation is 2. The van der Waals surface area contributed by atoms with E-state index in [1.165, 1.54) is 0 Å². The number of hydrogen-bond acceptors (Lipinski definition) is 4. The van der Waals surface area contributed by atoms with Crippen molar-refractivity contribution in [2.24, 2.45) is 13.0 Å². The van der Waals surface area contributed by atoms with Gasteiger partial charge in [-0.2, -0.15) is 5.10 Å². The van der Waals surface area contributed by atoms with Crippen molar-refractivity contribution in [3.8, 4) is 0 Å². The van der Waals surface area contributed by atoms with Crippen LogP contribution < -0.4 is 0 Å². The summed E-state index contributed by atoms with van der Waals surface area (Å²) < 4.78 is 7.01. The van der Waals surface area contributed by atoms with Crippen LogP contribution in [0.2, 0.25) is 0 Å². The highest BCUT2D eigenvalue weighted by Crippen LogP contribution is 2.24. The van der Waals surface area contributed by atoms with Crippen molar-refractivity contribution >= 4 is 11.9 Å². The number of aromatic nitrogens is 2. The van der Waals surface area contributed by atoms with Gasteiger partial charge in [0.2, 0.25) is 0 Å². The lowest BCUT2D eigenvalue weighted by Crippen LogP contribution is -2.43. The van der Waals surface area contributed by atoms with Crippen LogP contribution in [0.1, 0.15) is 68.2 Å². The predicted octanol–water partition coefficient (Wildman–Crippen LogP) is 2.74. The molecule has 1 saturated heterocycles. The predicted molar refractivity (Wildman–Crippen MR) is 96.5 cm³/mol. The normalized spacial score (nSPS) is 17.6. The van der Waals surface area contributed by atoms with Crippen LogP contribution in [-0.4, -0.2) is 46.3 Å². The molecule has 0 saturated carbocycles. The van der Waals surface area contributed by atoms with E-state index >= 15 is 0 Å². The number of rotatable bonds is 7. The SMILES string of the molecule is CCCc1nn(C)c(CCC)c1C(=O)N1CCC[C@@H](C(=O)OCC)C1. The summed E-state index contributed by atoms with van der Waals surface area (Å²) in [4.78, 5) is 27.1. The lowest BCUT2D eigenvalue weighted by Gasteiger charge is -2.31. The zero-order valence-electron chi connectivity index (χ0n) is 16.0. The molecule has 0 aliphatic carbocycles. The quantitative estimate of drug-likeness (QED) is 0.710. The molecule has 1 aliphatic rings. The number of amides is 1. The fraction of sp³-hybridized carbons (Fsp3) is 0.737. The monoisotopic (exact) mass is 349 g/mol. The minimum absolute atomic E-state index is 0.0222. The first-order valence-corrected chi connectivity index (χ1v) is 9.54. The van der Waals surface area contributed by atoms with Crippen LogP contribution in [0.25, 0.3) is 0 Å². The van der Waals surface area contributed by atoms with E-state index in [4.69, 9.17) is 4.74 Å². The zero-order chi connectivity index (χ0) is 18.4. The maximum atomic E-state index is 13.3. The van der Waals surface area contributed by atoms with Crippen molar-refractivity contribution in [2.45, 2.75) is 59.3 Å². The third-order valence-corrected chi connectivity index (χ3v) is 4.75. The maximum Gasteiger partial charge on any atom is 0.310 e. The molecule has 2 rings (SSSR count). The maximum absolute atomic E-state index is 13.3. The average Bonchev–Trinajstić information content (AvgIpc) is 2.91. The zero-order valence-corrected chi connectivity index (χ0v) is 16.0. The minimum Gasteiger partial charge on any atom is -0.466 e. The van der Waals surface area contributed by atoms with E-state index in [2.05, 4.69) is 18.9 Å². The van der Waals surface area contributed by atoms with Gasteiger partial charge in [0.25, 0.3) is 5.91 Å². The van der Waals surface area contributed by atoms with Gasteiger partial charge in [0.1, 0.15) is 0 Å². The number of esters is 1. The Bertz CT molecular complexity index is 609. The fourth-order valence-corrected chi connectivity index (χ4v) is 3.57. The highest BCUT2D eigenvalue weighted by Gasteiger charge is 2.32. The first-order valence-electron chi connectivity index (χ1n) is 9.54. The molecular weight excluding hydrogens is 318 g/mol. The second-order valence-electron chi connectivity index (χ2n) is 6.73. The molecule has 1 aliphatic heterocycles. The largest absolute Gasteiger partial charge is 0.466 e. The van der Waals surface area contributed by atoms with Crippen LogP contribution in [0.5, 0.6) is 0 Å². The summed E-state index contributed by atoms with van der Waals surface area (Å²) in [5.41, 5.74) is 2.65. The number of hydrogen-bond donors (Lipinski definition) is 0. The Morgan fingerprint density at radius 1 is 1.20 bits per heavy atom. The van der Waals surface area contributed by atoms with Gasteiger partial charge in [-0.3, -0.25) is 14.3 Å². The highest BCUT2D eigenvalue weighted by atomic mass is 16.5. The van der Waals surface area contributed by atoms with Gasteiger partial charge in [0.05, 0.1) is 29.5 Å². The molecule has 6 nitrogen and oxygen atoms in total. The molecule has 1 atom stereocenters. The van der Waals surface area contributed by atoms with Gasteiger partial charge < -0.3 is 9.64 Å². The summed E-state index contributed by atoms with van der Waals surface area (Å²) in [5, 5.41) is 4.60. The Labute approximate surface area is 150 Å². The number of carbonyl (C=O) groups is 2. The van der Waals surface area contributed by atoms with E-state index in [9.17, 15) is 9.59 Å². The molecule has 0 N–H and O–H groups in total. The van der Waals surface area contributed by atoms with E-state index in [0.29, 0.717) is 19.7 Å². The summed E-state index contributed by atoms with van der Waals surface area (Å²) in [6, 6.07) is 0. The van der Waals surface area contributed by atoms with Crippen LogP contribution in [0.3, 0.4) is 0 Å². The van der Waals surface area contributed by atoms with Gasteiger partial charge in [-0.1, -0.05) is 26.7 Å². The minimum atomic E-state index is -0.210. The summed E-state index contributed by atoms with van der Waals surface area (Å²) in [5.74, 6) is -0.374. The van der Waals surface area contributed by atoms with Crippen molar-refractivity contribution in [3.05, 3.63) is 17.0 Å². The van der Waals surface area contributed by atoms with Crippen LogP contribution in [-0.2, 0) is 29.4 Å². The average molecular weight is 349 g/mol. The number of nitrogens with zero attached hydrogens (tertiary/aromatic N) is 3. The van der Waals surface area contributed by atoms with Gasteiger partial charge in [0, 0.05) is 20.1 Å². The van der Waals surface area contributed by atoms with Crippen LogP contribution in [0.4, 0.5) is 0 Å². The Morgan fingerprint density at radius 2 is 1.92 bits per heavy atom. The van der Waals surface area contributed by atoms with Crippen molar-refractivity contribution in [1.29, 1.82) is 0 Å². The van der Waals surface area contributed by atoms with E-state index < -0.39 is 0 Å². The van der Waals surface area contributed by atoms with E-state index in [0.717, 1.165) is 55.5 Å². The third-order valence-electron chi connectivity index (χ3n) is 4.75. The van der Waals surface area contributed by atoms with E-state index in [1.54, 1.807) is 0 Å². The fourth-order valence-electron chi connectivity index (χ4n) is 3.57. The van der Waals surface area contributed by atoms with Crippen LogP contribution >= 0.6 is 0 Å². The Morgan fingerprint density at radius 3 is 2.56 bits per heavy atom. The molecule has 6 heteroatoms. The molecule has 1 aromatic rings. The summed E-state index contributed by atoms with van der Waals surface area (Å²) in [7, 11) is 1.92. The molecule has 25 heavy (non-hydrogen) atoms. The van der Waals surface area contributed by atoms with Gasteiger partial charge in [0.15, 0.2) is 0 Å². The van der Waals surface area contributed by atoms with E-state index in [-0.39, 0.29) is 17.8 Å². The van der Waals surface area contributed by atoms with Crippen molar-refractivity contribution in [3.63, 3.8) is 0 Å². The van der Waals surface area contributed by atoms with Crippen molar-refractivity contribution < 1.29 is 14.3 Å². The molecule has 0 aromatic carbocycles. The van der Waals surface area contributed by atoms with Crippen molar-refractivity contribution in [2.75, 3.05) is 19.7 Å². The molecular formula is C19H31N3O3. The van der Waals surface area contributed by atoms with Gasteiger partial charge in [-0.15, -0.1) is 0 Å². The lowest BCUT2D eigenvalue weighted by atomic mass is 9.96. The Hall–Kier alpha value is -1.85. The van der Waals surface area contributed by atoms with E-state index in [1.807, 2.05) is 23.6 Å². The molecule has 2 heterocycles. The topological polar surface area (TPSA) is 64.4 Å². The first-order chi connectivity index (χ1) is 12.0. The number of likely N-dealkylation sites (tertiary alicyclic amines) is 1. The molecule has 0 radical (unpaired) electrons. The van der Waals surface area contributed by atoms with Crippen LogP contribution in [0, 0.1) is 5.92 Å². The molecule has 0 unspecified atom stereocenters. The lowest BCUT2D eigenvalue weighted by molar-refractivity contribution is -0.149. The molecule has 1 aromatic heterocycles. The van der Waals surface area contributed by atoms with Gasteiger partial charge in [-0.05, 0) is 32.6 Å². The number of carbonyl (C=O) groups excluding carboxylic acids is 2. The number of piperidine rings is 1. The second kappa shape index (κ2) is 9.02. The number of ether oxygens (including phenoxy) is 1. The van der Waals surface area contributed by atoms with Crippen LogP contribution in [0.15, 0.2) is 0 Å². The van der Waals surface area contributed by atoms with Crippen molar-refractivity contribution in [1.82, 2.24) is 14.7 Å². The molecule has 1 amide bonds. The molecule has 0 bridgehead atoms. The van der Waals surface area contributed by atoms with Gasteiger partial charge in [-0.25, -0.2) is 0 Å². The Balaban J connectivity index is 2.25. The summed E-state index contributed by atoms with van der Waals surface area (Å²) in [6.07, 6.45) is 5.18.